The van der Waals surface area contributed by atoms with Crippen LogP contribution in [0.2, 0.25) is 0 Å². The van der Waals surface area contributed by atoms with E-state index in [1.807, 2.05) is 42.6 Å². The number of ether oxygens (including phenoxy) is 2. The molecule has 0 unspecified atom stereocenters. The third-order valence-corrected chi connectivity index (χ3v) is 4.82. The van der Waals surface area contributed by atoms with Gasteiger partial charge in [-0.2, -0.15) is 0 Å². The number of aromatic nitrogens is 1. The molecule has 1 N–H and O–H groups in total. The highest BCUT2D eigenvalue weighted by molar-refractivity contribution is 7.80. The number of piperazine rings is 1. The van der Waals surface area contributed by atoms with Gasteiger partial charge in [-0.1, -0.05) is 12.1 Å². The van der Waals surface area contributed by atoms with Crippen LogP contribution < -0.4 is 19.7 Å². The molecule has 6 nitrogen and oxygen atoms in total. The third kappa shape index (κ3) is 3.61. The van der Waals surface area contributed by atoms with Gasteiger partial charge in [-0.05, 0) is 42.0 Å². The van der Waals surface area contributed by atoms with E-state index >= 15 is 0 Å². The maximum Gasteiger partial charge on any atom is 0.231 e. The average molecular weight is 356 g/mol. The lowest BCUT2D eigenvalue weighted by Crippen LogP contribution is -2.51. The van der Waals surface area contributed by atoms with Crippen LogP contribution in [0.3, 0.4) is 0 Å². The van der Waals surface area contributed by atoms with Gasteiger partial charge in [-0.3, -0.25) is 0 Å². The van der Waals surface area contributed by atoms with E-state index in [9.17, 15) is 0 Å². The molecule has 1 aromatic heterocycles. The van der Waals surface area contributed by atoms with E-state index in [0.717, 1.165) is 54.2 Å². The quantitative estimate of drug-likeness (QED) is 0.844. The second-order valence-corrected chi connectivity index (χ2v) is 6.40. The number of anilines is 1. The molecule has 1 aromatic carbocycles. The van der Waals surface area contributed by atoms with Gasteiger partial charge in [-0.15, -0.1) is 0 Å². The zero-order chi connectivity index (χ0) is 17.1. The maximum atomic E-state index is 5.55. The number of pyridine rings is 1. The first-order valence-corrected chi connectivity index (χ1v) is 8.78. The molecule has 1 fully saturated rings. The molecule has 25 heavy (non-hydrogen) atoms. The van der Waals surface area contributed by atoms with Crippen LogP contribution in [0.4, 0.5) is 5.82 Å². The summed E-state index contributed by atoms with van der Waals surface area (Å²) in [6.07, 6.45) is 1.83. The molecule has 3 heterocycles. The highest BCUT2D eigenvalue weighted by atomic mass is 32.1. The molecule has 0 spiro atoms. The summed E-state index contributed by atoms with van der Waals surface area (Å²) in [7, 11) is 0. The Balaban J connectivity index is 1.28. The number of hydrogen-bond acceptors (Lipinski definition) is 5. The Morgan fingerprint density at radius 3 is 2.72 bits per heavy atom. The number of nitrogens with zero attached hydrogens (tertiary/aromatic N) is 3. The van der Waals surface area contributed by atoms with Crippen LogP contribution in [0, 0.1) is 0 Å². The van der Waals surface area contributed by atoms with Crippen molar-refractivity contribution in [1.82, 2.24) is 15.2 Å². The van der Waals surface area contributed by atoms with Crippen molar-refractivity contribution in [2.75, 3.05) is 37.9 Å². The molecule has 0 radical (unpaired) electrons. The first kappa shape index (κ1) is 16.0. The van der Waals surface area contributed by atoms with Gasteiger partial charge < -0.3 is 24.6 Å². The molecule has 4 rings (SSSR count). The summed E-state index contributed by atoms with van der Waals surface area (Å²) in [5, 5.41) is 4.13. The monoisotopic (exact) mass is 356 g/mol. The summed E-state index contributed by atoms with van der Waals surface area (Å²) in [5.41, 5.74) is 1.12. The number of rotatable bonds is 3. The fourth-order valence-electron chi connectivity index (χ4n) is 3.02. The van der Waals surface area contributed by atoms with Crippen LogP contribution in [0.15, 0.2) is 42.6 Å². The van der Waals surface area contributed by atoms with Crippen molar-refractivity contribution in [3.8, 4) is 11.5 Å². The predicted molar refractivity (Wildman–Crippen MR) is 100 cm³/mol. The fourth-order valence-corrected chi connectivity index (χ4v) is 3.27. The van der Waals surface area contributed by atoms with Crippen LogP contribution in [0.25, 0.3) is 0 Å². The molecule has 7 heteroatoms. The van der Waals surface area contributed by atoms with E-state index in [1.54, 1.807) is 0 Å². The van der Waals surface area contributed by atoms with Gasteiger partial charge in [0.15, 0.2) is 16.6 Å². The molecule has 2 aromatic rings. The van der Waals surface area contributed by atoms with E-state index in [0.29, 0.717) is 13.3 Å². The van der Waals surface area contributed by atoms with Crippen LogP contribution in [-0.4, -0.2) is 48.0 Å². The first-order chi connectivity index (χ1) is 12.3. The van der Waals surface area contributed by atoms with Gasteiger partial charge in [0, 0.05) is 38.9 Å². The predicted octanol–water partition coefficient (Wildman–Crippen LogP) is 2.01. The van der Waals surface area contributed by atoms with Crippen LogP contribution >= 0.6 is 12.2 Å². The Kier molecular flexibility index (Phi) is 4.56. The Bertz CT molecular complexity index is 748. The summed E-state index contributed by atoms with van der Waals surface area (Å²) >= 11 is 5.55. The largest absolute Gasteiger partial charge is 0.454 e. The van der Waals surface area contributed by atoms with Crippen molar-refractivity contribution in [3.63, 3.8) is 0 Å². The van der Waals surface area contributed by atoms with E-state index in [2.05, 4.69) is 20.1 Å². The van der Waals surface area contributed by atoms with Crippen molar-refractivity contribution in [2.24, 2.45) is 0 Å². The summed E-state index contributed by atoms with van der Waals surface area (Å²) in [6, 6.07) is 12.0. The van der Waals surface area contributed by atoms with Gasteiger partial charge in [-0.25, -0.2) is 4.98 Å². The molecule has 2 aliphatic rings. The molecular formula is C18H20N4O2S. The summed E-state index contributed by atoms with van der Waals surface area (Å²) in [4.78, 5) is 8.91. The molecule has 0 bridgehead atoms. The molecule has 0 aliphatic carbocycles. The SMILES string of the molecule is S=C(NCc1ccc2c(c1)OCO2)N1CCN(c2ccccn2)CC1. The number of nitrogens with one attached hydrogen (secondary N) is 1. The molecule has 130 valence electrons. The van der Waals surface area contributed by atoms with Gasteiger partial charge in [0.25, 0.3) is 0 Å². The third-order valence-electron chi connectivity index (χ3n) is 4.42. The lowest BCUT2D eigenvalue weighted by atomic mass is 10.2. The number of benzene rings is 1. The molecular weight excluding hydrogens is 336 g/mol. The lowest BCUT2D eigenvalue weighted by Gasteiger charge is -2.36. The van der Waals surface area contributed by atoms with Crippen LogP contribution in [-0.2, 0) is 6.54 Å². The fraction of sp³-hybridized carbons (Fsp3) is 0.333. The molecule has 0 saturated carbocycles. The number of hydrogen-bond donors (Lipinski definition) is 1. The van der Waals surface area contributed by atoms with E-state index < -0.39 is 0 Å². The highest BCUT2D eigenvalue weighted by Gasteiger charge is 2.20. The van der Waals surface area contributed by atoms with Crippen molar-refractivity contribution in [3.05, 3.63) is 48.2 Å². The minimum absolute atomic E-state index is 0.297. The summed E-state index contributed by atoms with van der Waals surface area (Å²) in [5.74, 6) is 2.63. The molecule has 1 saturated heterocycles. The maximum absolute atomic E-state index is 5.55. The molecule has 2 aliphatic heterocycles. The van der Waals surface area contributed by atoms with E-state index in [4.69, 9.17) is 21.7 Å². The first-order valence-electron chi connectivity index (χ1n) is 8.37. The Morgan fingerprint density at radius 2 is 1.92 bits per heavy atom. The lowest BCUT2D eigenvalue weighted by molar-refractivity contribution is 0.174. The van der Waals surface area contributed by atoms with Crippen molar-refractivity contribution >= 4 is 23.1 Å². The Hall–Kier alpha value is -2.54. The summed E-state index contributed by atoms with van der Waals surface area (Å²) < 4.78 is 10.7. The zero-order valence-corrected chi connectivity index (χ0v) is 14.7. The normalized spacial score (nSPS) is 16.0. The molecule has 0 amide bonds. The highest BCUT2D eigenvalue weighted by Crippen LogP contribution is 2.32. The number of fused-ring (bicyclic) bond motifs is 1. The minimum atomic E-state index is 0.297. The van der Waals surface area contributed by atoms with Crippen molar-refractivity contribution in [1.29, 1.82) is 0 Å². The Morgan fingerprint density at radius 1 is 1.08 bits per heavy atom. The van der Waals surface area contributed by atoms with Gasteiger partial charge in [0.1, 0.15) is 5.82 Å². The van der Waals surface area contributed by atoms with Crippen LogP contribution in [0.5, 0.6) is 11.5 Å². The van der Waals surface area contributed by atoms with Gasteiger partial charge in [0.2, 0.25) is 6.79 Å². The minimum Gasteiger partial charge on any atom is -0.454 e. The van der Waals surface area contributed by atoms with E-state index in [-0.39, 0.29) is 0 Å². The Labute approximate surface area is 152 Å². The van der Waals surface area contributed by atoms with Crippen LogP contribution in [0.1, 0.15) is 5.56 Å². The second-order valence-electron chi connectivity index (χ2n) is 6.01. The number of thiocarbonyl (C=S) groups is 1. The van der Waals surface area contributed by atoms with E-state index in [1.165, 1.54) is 0 Å². The van der Waals surface area contributed by atoms with Gasteiger partial charge in [0.05, 0.1) is 0 Å². The standard InChI is InChI=1S/C18H20N4O2S/c25-18(20-12-14-4-5-15-16(11-14)24-13-23-15)22-9-7-21(8-10-22)17-3-1-2-6-19-17/h1-6,11H,7-10,12-13H2,(H,20,25). The summed E-state index contributed by atoms with van der Waals surface area (Å²) in [6.45, 7) is 4.60. The second kappa shape index (κ2) is 7.14. The van der Waals surface area contributed by atoms with Gasteiger partial charge >= 0.3 is 0 Å². The topological polar surface area (TPSA) is 49.9 Å². The van der Waals surface area contributed by atoms with Crippen molar-refractivity contribution in [2.45, 2.75) is 6.54 Å². The van der Waals surface area contributed by atoms with Crippen molar-refractivity contribution < 1.29 is 9.47 Å². The average Bonchev–Trinajstić information content (AvgIpc) is 3.15. The zero-order valence-electron chi connectivity index (χ0n) is 13.9. The molecule has 0 atom stereocenters. The smallest absolute Gasteiger partial charge is 0.231 e.